The summed E-state index contributed by atoms with van der Waals surface area (Å²) in [7, 11) is 0. The number of halogens is 1. The zero-order valence-corrected chi connectivity index (χ0v) is 14.7. The largest absolute Gasteiger partial charge is 0.484 e. The van der Waals surface area contributed by atoms with Gasteiger partial charge in [0.25, 0.3) is 5.89 Å². The van der Waals surface area contributed by atoms with Gasteiger partial charge in [0.15, 0.2) is 6.61 Å². The molecule has 26 heavy (non-hydrogen) atoms. The van der Waals surface area contributed by atoms with Crippen LogP contribution in [0.1, 0.15) is 10.9 Å². The van der Waals surface area contributed by atoms with Crippen LogP contribution in [0.4, 0.5) is 4.39 Å². The fourth-order valence-electron chi connectivity index (χ4n) is 2.42. The van der Waals surface area contributed by atoms with Crippen LogP contribution in [0.25, 0.3) is 22.6 Å². The first-order valence-corrected chi connectivity index (χ1v) is 8.79. The summed E-state index contributed by atoms with van der Waals surface area (Å²) in [6.45, 7) is 2.09. The molecule has 0 N–H and O–H groups in total. The van der Waals surface area contributed by atoms with Gasteiger partial charge in [-0.25, -0.2) is 9.37 Å². The lowest BCUT2D eigenvalue weighted by atomic mass is 10.1. The number of benzene rings is 2. The maximum atomic E-state index is 12.9. The van der Waals surface area contributed by atoms with Crippen LogP contribution in [0.2, 0.25) is 0 Å². The second kappa shape index (κ2) is 7.05. The van der Waals surface area contributed by atoms with Crippen molar-refractivity contribution >= 4 is 11.3 Å². The van der Waals surface area contributed by atoms with Crippen molar-refractivity contribution < 1.29 is 13.7 Å². The minimum absolute atomic E-state index is 0.115. The molecule has 0 amide bonds. The van der Waals surface area contributed by atoms with Crippen molar-refractivity contribution in [3.63, 3.8) is 0 Å². The normalized spacial score (nSPS) is 10.8. The molecule has 0 aliphatic rings. The van der Waals surface area contributed by atoms with Crippen LogP contribution < -0.4 is 4.74 Å². The highest BCUT2D eigenvalue weighted by Crippen LogP contribution is 2.26. The lowest BCUT2D eigenvalue weighted by Crippen LogP contribution is -1.95. The highest BCUT2D eigenvalue weighted by atomic mass is 32.1. The van der Waals surface area contributed by atoms with Gasteiger partial charge in [0.2, 0.25) is 5.82 Å². The molecule has 5 nitrogen and oxygen atoms in total. The third kappa shape index (κ3) is 3.62. The Morgan fingerprint density at radius 1 is 1.08 bits per heavy atom. The number of hydrogen-bond donors (Lipinski definition) is 0. The number of aryl methyl sites for hydroxylation is 1. The number of rotatable bonds is 5. The first-order valence-electron chi connectivity index (χ1n) is 7.91. The van der Waals surface area contributed by atoms with E-state index in [-0.39, 0.29) is 12.4 Å². The van der Waals surface area contributed by atoms with Gasteiger partial charge < -0.3 is 9.26 Å². The number of aromatic nitrogens is 3. The summed E-state index contributed by atoms with van der Waals surface area (Å²) in [6.07, 6.45) is 0. The summed E-state index contributed by atoms with van der Waals surface area (Å²) in [5.41, 5.74) is 2.77. The van der Waals surface area contributed by atoms with Crippen molar-refractivity contribution in [1.29, 1.82) is 0 Å². The molecule has 2 aromatic carbocycles. The van der Waals surface area contributed by atoms with E-state index in [0.717, 1.165) is 21.8 Å². The lowest BCUT2D eigenvalue weighted by Gasteiger charge is -2.02. The molecule has 0 aliphatic heterocycles. The van der Waals surface area contributed by atoms with Crippen LogP contribution in [0.3, 0.4) is 0 Å². The maximum Gasteiger partial charge on any atom is 0.264 e. The van der Waals surface area contributed by atoms with Crippen LogP contribution in [0, 0.1) is 12.7 Å². The molecule has 0 atom stereocenters. The van der Waals surface area contributed by atoms with Gasteiger partial charge in [0.05, 0.1) is 10.7 Å². The van der Waals surface area contributed by atoms with Crippen molar-refractivity contribution in [2.45, 2.75) is 13.5 Å². The van der Waals surface area contributed by atoms with E-state index in [4.69, 9.17) is 9.26 Å². The van der Waals surface area contributed by atoms with Crippen molar-refractivity contribution in [2.24, 2.45) is 0 Å². The van der Waals surface area contributed by atoms with E-state index in [2.05, 4.69) is 15.1 Å². The summed E-state index contributed by atoms with van der Waals surface area (Å²) in [5.74, 6) is 1.05. The molecule has 2 aromatic heterocycles. The van der Waals surface area contributed by atoms with Gasteiger partial charge in [0.1, 0.15) is 11.6 Å². The Morgan fingerprint density at radius 2 is 1.88 bits per heavy atom. The minimum Gasteiger partial charge on any atom is -0.484 e. The van der Waals surface area contributed by atoms with Crippen LogP contribution >= 0.6 is 11.3 Å². The molecule has 0 aliphatic carbocycles. The zero-order valence-electron chi connectivity index (χ0n) is 13.8. The number of nitrogens with zero attached hydrogens (tertiary/aromatic N) is 3. The second-order valence-electron chi connectivity index (χ2n) is 5.59. The van der Waals surface area contributed by atoms with Crippen molar-refractivity contribution in [1.82, 2.24) is 15.1 Å². The molecule has 4 aromatic rings. The Morgan fingerprint density at radius 3 is 2.65 bits per heavy atom. The van der Waals surface area contributed by atoms with Crippen molar-refractivity contribution in [2.75, 3.05) is 0 Å². The fourth-order valence-corrected chi connectivity index (χ4v) is 3.04. The summed E-state index contributed by atoms with van der Waals surface area (Å²) in [5, 5.41) is 7.05. The Balaban J connectivity index is 1.50. The standard InChI is InChI=1S/C19H14FN3O2S/c1-12-21-17(11-26-12)13-3-2-4-14(9-13)19-22-18(25-23-19)10-24-16-7-5-15(20)6-8-16/h2-9,11H,10H2,1H3. The molecule has 0 saturated carbocycles. The van der Waals surface area contributed by atoms with E-state index >= 15 is 0 Å². The summed E-state index contributed by atoms with van der Waals surface area (Å²) >= 11 is 1.61. The predicted molar refractivity (Wildman–Crippen MR) is 96.3 cm³/mol. The van der Waals surface area contributed by atoms with Gasteiger partial charge in [0, 0.05) is 16.5 Å². The summed E-state index contributed by atoms with van der Waals surface area (Å²) < 4.78 is 23.7. The molecule has 0 radical (unpaired) electrons. The third-order valence-electron chi connectivity index (χ3n) is 3.68. The van der Waals surface area contributed by atoms with Gasteiger partial charge in [-0.2, -0.15) is 4.98 Å². The molecule has 0 unspecified atom stereocenters. The van der Waals surface area contributed by atoms with Crippen molar-refractivity contribution in [3.05, 3.63) is 70.6 Å². The highest BCUT2D eigenvalue weighted by molar-refractivity contribution is 7.09. The molecule has 0 bridgehead atoms. The van der Waals surface area contributed by atoms with Gasteiger partial charge in [-0.1, -0.05) is 23.4 Å². The molecule has 0 saturated heterocycles. The Labute approximate surface area is 153 Å². The second-order valence-corrected chi connectivity index (χ2v) is 6.65. The average molecular weight is 367 g/mol. The third-order valence-corrected chi connectivity index (χ3v) is 4.45. The maximum absolute atomic E-state index is 12.9. The monoisotopic (exact) mass is 367 g/mol. The lowest BCUT2D eigenvalue weighted by molar-refractivity contribution is 0.242. The van der Waals surface area contributed by atoms with E-state index in [1.54, 1.807) is 23.5 Å². The predicted octanol–water partition coefficient (Wildman–Crippen LogP) is 4.89. The molecule has 0 spiro atoms. The quantitative estimate of drug-likeness (QED) is 0.503. The molecule has 2 heterocycles. The van der Waals surface area contributed by atoms with E-state index in [0.29, 0.717) is 17.5 Å². The van der Waals surface area contributed by atoms with Crippen LogP contribution in [-0.4, -0.2) is 15.1 Å². The molecule has 0 fully saturated rings. The first kappa shape index (κ1) is 16.4. The Hall–Kier alpha value is -3.06. The van der Waals surface area contributed by atoms with E-state index in [1.165, 1.54) is 12.1 Å². The molecule has 4 rings (SSSR count). The SMILES string of the molecule is Cc1nc(-c2cccc(-c3noc(COc4ccc(F)cc4)n3)c2)cs1. The number of thiazole rings is 1. The van der Waals surface area contributed by atoms with Gasteiger partial charge >= 0.3 is 0 Å². The molecular formula is C19H14FN3O2S. The summed E-state index contributed by atoms with van der Waals surface area (Å²) in [6, 6.07) is 13.6. The van der Waals surface area contributed by atoms with Gasteiger partial charge in [-0.3, -0.25) is 0 Å². The minimum atomic E-state index is -0.312. The van der Waals surface area contributed by atoms with E-state index < -0.39 is 0 Å². The Bertz CT molecular complexity index is 1030. The summed E-state index contributed by atoms with van der Waals surface area (Å²) in [4.78, 5) is 8.86. The van der Waals surface area contributed by atoms with E-state index in [9.17, 15) is 4.39 Å². The molecule has 7 heteroatoms. The van der Waals surface area contributed by atoms with Gasteiger partial charge in [-0.05, 0) is 37.3 Å². The molecule has 130 valence electrons. The van der Waals surface area contributed by atoms with Crippen molar-refractivity contribution in [3.8, 4) is 28.4 Å². The number of hydrogen-bond acceptors (Lipinski definition) is 6. The van der Waals surface area contributed by atoms with Crippen LogP contribution in [0.15, 0.2) is 58.4 Å². The van der Waals surface area contributed by atoms with Crippen LogP contribution in [-0.2, 0) is 6.61 Å². The topological polar surface area (TPSA) is 61.0 Å². The zero-order chi connectivity index (χ0) is 17.9. The van der Waals surface area contributed by atoms with Gasteiger partial charge in [-0.15, -0.1) is 11.3 Å². The molecular weight excluding hydrogens is 353 g/mol. The number of ether oxygens (including phenoxy) is 1. The van der Waals surface area contributed by atoms with E-state index in [1.807, 2.05) is 36.6 Å². The van der Waals surface area contributed by atoms with Crippen LogP contribution in [0.5, 0.6) is 5.75 Å². The highest BCUT2D eigenvalue weighted by Gasteiger charge is 2.11. The average Bonchev–Trinajstić information content (AvgIpc) is 3.31. The first-order chi connectivity index (χ1) is 12.7. The Kier molecular flexibility index (Phi) is 4.45. The fraction of sp³-hybridized carbons (Fsp3) is 0.105. The smallest absolute Gasteiger partial charge is 0.264 e.